The Morgan fingerprint density at radius 2 is 1.82 bits per heavy atom. The van der Waals surface area contributed by atoms with Gasteiger partial charge in [0, 0.05) is 13.3 Å². The molecule has 0 saturated heterocycles. The van der Waals surface area contributed by atoms with Gasteiger partial charge in [-0.15, -0.1) is 0 Å². The van der Waals surface area contributed by atoms with E-state index in [1.807, 2.05) is 0 Å². The quantitative estimate of drug-likeness (QED) is 0.390. The summed E-state index contributed by atoms with van der Waals surface area (Å²) in [6.45, 7) is 1.39. The number of rotatable bonds is 5. The molecule has 33 heavy (non-hydrogen) atoms. The zero-order chi connectivity index (χ0) is 24.7. The largest absolute Gasteiger partial charge is 0.475 e. The number of halogens is 8. The van der Waals surface area contributed by atoms with Gasteiger partial charge < -0.3 is 9.26 Å². The van der Waals surface area contributed by atoms with Crippen LogP contribution in [-0.4, -0.2) is 44.5 Å². The number of hydrazone groups is 1. The first-order valence-electron chi connectivity index (χ1n) is 8.49. The van der Waals surface area contributed by atoms with E-state index in [-0.39, 0.29) is 0 Å². The summed E-state index contributed by atoms with van der Waals surface area (Å²) >= 11 is 12.1. The lowest BCUT2D eigenvalue weighted by Gasteiger charge is -2.33. The maximum absolute atomic E-state index is 13.5. The molecule has 2 atom stereocenters. The van der Waals surface area contributed by atoms with Crippen molar-refractivity contribution in [2.75, 3.05) is 12.1 Å². The van der Waals surface area contributed by atoms with Gasteiger partial charge in [-0.25, -0.2) is 9.22 Å². The third-order valence-corrected chi connectivity index (χ3v) is 5.88. The van der Waals surface area contributed by atoms with Crippen molar-refractivity contribution in [2.45, 2.75) is 24.8 Å². The highest BCUT2D eigenvalue weighted by Gasteiger charge is 2.53. The van der Waals surface area contributed by atoms with Gasteiger partial charge in [-0.05, 0) is 19.1 Å². The molecule has 1 aromatic carbocycles. The Kier molecular flexibility index (Phi) is 6.98. The van der Waals surface area contributed by atoms with Crippen LogP contribution in [0.2, 0.25) is 10.0 Å². The van der Waals surface area contributed by atoms with Gasteiger partial charge in [0.1, 0.15) is 16.3 Å². The minimum absolute atomic E-state index is 0.404. The number of aromatic nitrogens is 2. The van der Waals surface area contributed by atoms with Crippen molar-refractivity contribution >= 4 is 51.6 Å². The smallest absolute Gasteiger partial charge is 0.355 e. The molecule has 0 radical (unpaired) electrons. The van der Waals surface area contributed by atoms with E-state index in [1.165, 1.54) is 6.92 Å². The average Bonchev–Trinajstić information content (AvgIpc) is 3.32. The summed E-state index contributed by atoms with van der Waals surface area (Å²) in [5.74, 6) is -0.461. The topological polar surface area (TPSA) is 84.1 Å². The summed E-state index contributed by atoms with van der Waals surface area (Å²) in [6.07, 6.45) is -4.72. The maximum atomic E-state index is 13.5. The third-order valence-electron chi connectivity index (χ3n) is 4.09. The first kappa shape index (κ1) is 25.3. The molecule has 1 aliphatic heterocycles. The van der Waals surface area contributed by atoms with E-state index in [1.54, 1.807) is 0 Å². The van der Waals surface area contributed by atoms with Crippen LogP contribution in [0.4, 0.5) is 32.0 Å². The third kappa shape index (κ3) is 4.67. The van der Waals surface area contributed by atoms with Gasteiger partial charge in [0.25, 0.3) is 0 Å². The van der Waals surface area contributed by atoms with Crippen LogP contribution in [-0.2, 0) is 21.7 Å². The fraction of sp³-hybridized carbons (Fsp3) is 0.312. The van der Waals surface area contributed by atoms with E-state index in [0.29, 0.717) is 12.1 Å². The Hall–Kier alpha value is -2.36. The van der Waals surface area contributed by atoms with Crippen LogP contribution in [0, 0.1) is 0 Å². The van der Waals surface area contributed by atoms with Crippen LogP contribution in [0.5, 0.6) is 0 Å². The molecule has 2 aromatic rings. The number of alkyl halides is 6. The lowest BCUT2D eigenvalue weighted by Crippen LogP contribution is -2.42. The van der Waals surface area contributed by atoms with Crippen LogP contribution in [0.1, 0.15) is 18.3 Å². The molecule has 0 aliphatic carbocycles. The summed E-state index contributed by atoms with van der Waals surface area (Å²) in [5, 5.41) is 7.73. The molecular weight excluding hydrogens is 527 g/mol. The zero-order valence-corrected chi connectivity index (χ0v) is 18.6. The summed E-state index contributed by atoms with van der Waals surface area (Å²) in [4.78, 5) is 2.77. The van der Waals surface area contributed by atoms with Gasteiger partial charge in [0.15, 0.2) is 17.0 Å². The SMILES string of the molecule is CC=NN1C(c2ncon2)=C(S(=O)C(F)(F)F)C(OC)N1c1c(Cl)cc(C(F)(F)F)cc1Cl. The lowest BCUT2D eigenvalue weighted by molar-refractivity contribution is -0.137. The number of hydrazine groups is 1. The second-order valence-electron chi connectivity index (χ2n) is 6.06. The van der Waals surface area contributed by atoms with E-state index < -0.39 is 66.4 Å². The van der Waals surface area contributed by atoms with E-state index in [2.05, 4.69) is 19.8 Å². The molecule has 0 bridgehead atoms. The molecule has 0 amide bonds. The Balaban J connectivity index is 2.32. The van der Waals surface area contributed by atoms with Crippen molar-refractivity contribution in [3.8, 4) is 0 Å². The first-order chi connectivity index (χ1) is 15.3. The van der Waals surface area contributed by atoms with Gasteiger partial charge in [-0.3, -0.25) is 0 Å². The molecule has 0 fully saturated rings. The predicted molar refractivity (Wildman–Crippen MR) is 106 cm³/mol. The Labute approximate surface area is 193 Å². The van der Waals surface area contributed by atoms with Gasteiger partial charge in [-0.2, -0.15) is 41.5 Å². The predicted octanol–water partition coefficient (Wildman–Crippen LogP) is 5.05. The fourth-order valence-corrected chi connectivity index (χ4v) is 4.54. The molecular formula is C16H11Cl2F6N5O3S. The van der Waals surface area contributed by atoms with E-state index in [0.717, 1.165) is 29.8 Å². The van der Waals surface area contributed by atoms with Gasteiger partial charge in [0.2, 0.25) is 12.2 Å². The second kappa shape index (κ2) is 9.12. The van der Waals surface area contributed by atoms with Crippen molar-refractivity contribution in [3.63, 3.8) is 0 Å². The van der Waals surface area contributed by atoms with Crippen molar-refractivity contribution < 1.29 is 39.8 Å². The minimum atomic E-state index is -5.26. The molecule has 2 unspecified atom stereocenters. The molecule has 8 nitrogen and oxygen atoms in total. The molecule has 1 aromatic heterocycles. The number of nitrogens with zero attached hydrogens (tertiary/aromatic N) is 5. The van der Waals surface area contributed by atoms with E-state index >= 15 is 0 Å². The molecule has 0 spiro atoms. The van der Waals surface area contributed by atoms with Gasteiger partial charge in [0.05, 0.1) is 15.6 Å². The molecule has 17 heteroatoms. The monoisotopic (exact) mass is 537 g/mol. The van der Waals surface area contributed by atoms with Crippen LogP contribution in [0.25, 0.3) is 5.70 Å². The summed E-state index contributed by atoms with van der Waals surface area (Å²) in [5.41, 5.74) is -7.42. The molecule has 1 aliphatic rings. The standard InChI is InChI=1S/C16H11Cl2F6N5O3S/c1-3-26-29-11(13-25-6-32-27-13)12(33(30)16(22,23)24)14(31-2)28(29)10-8(17)4-7(5-9(10)18)15(19,20)21/h3-6,14H,1-2H3. The van der Waals surface area contributed by atoms with Crippen molar-refractivity contribution in [3.05, 3.63) is 44.9 Å². The Morgan fingerprint density at radius 1 is 1.21 bits per heavy atom. The molecule has 180 valence electrons. The number of ether oxygens (including phenoxy) is 1. The minimum Gasteiger partial charge on any atom is -0.355 e. The summed E-state index contributed by atoms with van der Waals surface area (Å²) < 4.78 is 102. The molecule has 0 N–H and O–H groups in total. The lowest BCUT2D eigenvalue weighted by atomic mass is 10.2. The Morgan fingerprint density at radius 3 is 2.24 bits per heavy atom. The highest BCUT2D eigenvalue weighted by Crippen LogP contribution is 2.48. The number of anilines is 1. The van der Waals surface area contributed by atoms with Crippen LogP contribution in [0.15, 0.2) is 33.1 Å². The summed E-state index contributed by atoms with van der Waals surface area (Å²) in [6, 6.07) is 1.05. The van der Waals surface area contributed by atoms with E-state index in [9.17, 15) is 30.6 Å². The number of hydrogen-bond acceptors (Lipinski definition) is 8. The second-order valence-corrected chi connectivity index (χ2v) is 8.32. The molecule has 2 heterocycles. The average molecular weight is 538 g/mol. The number of benzene rings is 1. The van der Waals surface area contributed by atoms with Crippen LogP contribution < -0.4 is 5.01 Å². The van der Waals surface area contributed by atoms with E-state index in [4.69, 9.17) is 27.9 Å². The number of methoxy groups -OCH3 is 1. The highest BCUT2D eigenvalue weighted by molar-refractivity contribution is 7.90. The van der Waals surface area contributed by atoms with Crippen molar-refractivity contribution in [1.82, 2.24) is 15.3 Å². The zero-order valence-electron chi connectivity index (χ0n) is 16.3. The number of hydrogen-bond donors (Lipinski definition) is 0. The Bertz CT molecular complexity index is 1100. The first-order valence-corrected chi connectivity index (χ1v) is 10.4. The summed E-state index contributed by atoms with van der Waals surface area (Å²) in [7, 11) is -2.72. The van der Waals surface area contributed by atoms with Crippen molar-refractivity contribution in [1.29, 1.82) is 0 Å². The fourth-order valence-electron chi connectivity index (χ4n) is 2.90. The normalized spacial score (nSPS) is 18.7. The van der Waals surface area contributed by atoms with Crippen LogP contribution >= 0.6 is 23.2 Å². The van der Waals surface area contributed by atoms with Gasteiger partial charge in [-0.1, -0.05) is 28.4 Å². The van der Waals surface area contributed by atoms with Gasteiger partial charge >= 0.3 is 11.7 Å². The molecule has 3 rings (SSSR count). The van der Waals surface area contributed by atoms with Crippen molar-refractivity contribution in [2.24, 2.45) is 5.10 Å². The highest BCUT2D eigenvalue weighted by atomic mass is 35.5. The van der Waals surface area contributed by atoms with Crippen LogP contribution in [0.3, 0.4) is 0 Å². The molecule has 0 saturated carbocycles. The maximum Gasteiger partial charge on any atom is 0.475 e.